The van der Waals surface area contributed by atoms with Crippen LogP contribution in [0.5, 0.6) is 0 Å². The van der Waals surface area contributed by atoms with Crippen LogP contribution in [0.3, 0.4) is 0 Å². The zero-order chi connectivity index (χ0) is 20.2. The van der Waals surface area contributed by atoms with Crippen LogP contribution >= 0.6 is 0 Å². The Hall–Kier alpha value is -3.29. The molecule has 4 rings (SSSR count). The molecule has 29 heavy (non-hydrogen) atoms. The van der Waals surface area contributed by atoms with Crippen LogP contribution in [0.1, 0.15) is 24.2 Å². The van der Waals surface area contributed by atoms with E-state index >= 15 is 0 Å². The SMILES string of the molecule is O=C(NCc1nnc2ccccn12)[C@H]1CCCN(C(=O)Cc2ccc(F)cc2)C1. The van der Waals surface area contributed by atoms with Crippen LogP contribution in [0.25, 0.3) is 5.65 Å². The first-order chi connectivity index (χ1) is 14.1. The Morgan fingerprint density at radius 3 is 2.79 bits per heavy atom. The van der Waals surface area contributed by atoms with Gasteiger partial charge >= 0.3 is 0 Å². The number of benzene rings is 1. The van der Waals surface area contributed by atoms with Gasteiger partial charge in [-0.25, -0.2) is 4.39 Å². The Bertz CT molecular complexity index is 1020. The van der Waals surface area contributed by atoms with Gasteiger partial charge in [-0.2, -0.15) is 0 Å². The molecule has 0 bridgehead atoms. The average Bonchev–Trinajstić information content (AvgIpc) is 3.17. The van der Waals surface area contributed by atoms with Crippen molar-refractivity contribution in [3.63, 3.8) is 0 Å². The molecule has 3 heterocycles. The highest BCUT2D eigenvalue weighted by molar-refractivity contribution is 5.82. The molecular formula is C21H22FN5O2. The molecular weight excluding hydrogens is 373 g/mol. The summed E-state index contributed by atoms with van der Waals surface area (Å²) in [6.07, 6.45) is 3.58. The second kappa shape index (κ2) is 8.38. The van der Waals surface area contributed by atoms with Gasteiger partial charge in [0.1, 0.15) is 5.82 Å². The predicted octanol–water partition coefficient (Wildman–Crippen LogP) is 1.97. The van der Waals surface area contributed by atoms with Crippen molar-refractivity contribution in [2.45, 2.75) is 25.8 Å². The second-order valence-corrected chi connectivity index (χ2v) is 7.25. The normalized spacial score (nSPS) is 16.7. The van der Waals surface area contributed by atoms with Gasteiger partial charge in [-0.1, -0.05) is 18.2 Å². The van der Waals surface area contributed by atoms with E-state index in [9.17, 15) is 14.0 Å². The van der Waals surface area contributed by atoms with Crippen LogP contribution in [0, 0.1) is 11.7 Å². The van der Waals surface area contributed by atoms with Crippen LogP contribution in [0.15, 0.2) is 48.7 Å². The third-order valence-corrected chi connectivity index (χ3v) is 5.22. The molecule has 1 aliphatic rings. The lowest BCUT2D eigenvalue weighted by Crippen LogP contribution is -2.45. The van der Waals surface area contributed by atoms with Gasteiger partial charge in [0.05, 0.1) is 18.9 Å². The molecule has 0 aliphatic carbocycles. The molecule has 1 aromatic carbocycles. The van der Waals surface area contributed by atoms with Gasteiger partial charge in [0.15, 0.2) is 11.5 Å². The summed E-state index contributed by atoms with van der Waals surface area (Å²) in [4.78, 5) is 27.0. The van der Waals surface area contributed by atoms with Gasteiger partial charge in [-0.15, -0.1) is 10.2 Å². The minimum absolute atomic E-state index is 0.0439. The van der Waals surface area contributed by atoms with Gasteiger partial charge in [0.2, 0.25) is 11.8 Å². The van der Waals surface area contributed by atoms with Crippen LogP contribution in [0.2, 0.25) is 0 Å². The number of hydrogen-bond acceptors (Lipinski definition) is 4. The minimum atomic E-state index is -0.323. The fraction of sp³-hybridized carbons (Fsp3) is 0.333. The molecule has 1 saturated heterocycles. The van der Waals surface area contributed by atoms with Gasteiger partial charge in [0.25, 0.3) is 0 Å². The van der Waals surface area contributed by atoms with Gasteiger partial charge in [-0.3, -0.25) is 14.0 Å². The maximum absolute atomic E-state index is 13.0. The molecule has 0 saturated carbocycles. The van der Waals surface area contributed by atoms with E-state index in [4.69, 9.17) is 0 Å². The highest BCUT2D eigenvalue weighted by atomic mass is 19.1. The Kier molecular flexibility index (Phi) is 5.50. The van der Waals surface area contributed by atoms with Crippen molar-refractivity contribution >= 4 is 17.5 Å². The Balaban J connectivity index is 1.33. The monoisotopic (exact) mass is 395 g/mol. The van der Waals surface area contributed by atoms with Crippen molar-refractivity contribution in [3.8, 4) is 0 Å². The molecule has 2 amide bonds. The number of nitrogens with one attached hydrogen (secondary N) is 1. The molecule has 7 nitrogen and oxygen atoms in total. The molecule has 1 atom stereocenters. The standard InChI is InChI=1S/C21H22FN5O2/c22-17-8-6-15(7-9-17)12-20(28)26-10-3-4-16(14-26)21(29)23-13-19-25-24-18-5-1-2-11-27(18)19/h1-2,5-9,11,16H,3-4,10,12-14H2,(H,23,29)/t16-/m0/s1. The topological polar surface area (TPSA) is 79.6 Å². The zero-order valence-electron chi connectivity index (χ0n) is 15.9. The Morgan fingerprint density at radius 1 is 1.14 bits per heavy atom. The highest BCUT2D eigenvalue weighted by Crippen LogP contribution is 2.18. The Labute approximate surface area is 167 Å². The molecule has 0 unspecified atom stereocenters. The van der Waals surface area contributed by atoms with Gasteiger partial charge < -0.3 is 10.2 Å². The van der Waals surface area contributed by atoms with Crippen molar-refractivity contribution in [3.05, 3.63) is 65.9 Å². The van der Waals surface area contributed by atoms with E-state index in [1.165, 1.54) is 12.1 Å². The third-order valence-electron chi connectivity index (χ3n) is 5.22. The summed E-state index contributed by atoms with van der Waals surface area (Å²) in [5, 5.41) is 11.1. The fourth-order valence-corrected chi connectivity index (χ4v) is 3.63. The quantitative estimate of drug-likeness (QED) is 0.716. The summed E-state index contributed by atoms with van der Waals surface area (Å²) < 4.78 is 14.9. The summed E-state index contributed by atoms with van der Waals surface area (Å²) in [5.41, 5.74) is 1.49. The molecule has 8 heteroatoms. The maximum atomic E-state index is 13.0. The predicted molar refractivity (Wildman–Crippen MR) is 104 cm³/mol. The molecule has 3 aromatic rings. The van der Waals surface area contributed by atoms with E-state index in [1.54, 1.807) is 17.0 Å². The van der Waals surface area contributed by atoms with E-state index in [1.807, 2.05) is 28.8 Å². The number of aromatic nitrogens is 3. The lowest BCUT2D eigenvalue weighted by Gasteiger charge is -2.32. The van der Waals surface area contributed by atoms with Crippen LogP contribution in [0.4, 0.5) is 4.39 Å². The highest BCUT2D eigenvalue weighted by Gasteiger charge is 2.28. The lowest BCUT2D eigenvalue weighted by molar-refractivity contribution is -0.135. The first kappa shape index (κ1) is 19.0. The minimum Gasteiger partial charge on any atom is -0.348 e. The van der Waals surface area contributed by atoms with E-state index in [0.29, 0.717) is 18.9 Å². The summed E-state index contributed by atoms with van der Waals surface area (Å²) >= 11 is 0. The number of piperidine rings is 1. The number of fused-ring (bicyclic) bond motifs is 1. The van der Waals surface area contributed by atoms with E-state index < -0.39 is 0 Å². The summed E-state index contributed by atoms with van der Waals surface area (Å²) in [6, 6.07) is 11.5. The number of carbonyl (C=O) groups is 2. The second-order valence-electron chi connectivity index (χ2n) is 7.25. The molecule has 0 spiro atoms. The number of rotatable bonds is 5. The van der Waals surface area contributed by atoms with E-state index in [2.05, 4.69) is 15.5 Å². The summed E-state index contributed by atoms with van der Waals surface area (Å²) in [6.45, 7) is 1.31. The smallest absolute Gasteiger partial charge is 0.227 e. The number of likely N-dealkylation sites (tertiary alicyclic amines) is 1. The zero-order valence-corrected chi connectivity index (χ0v) is 15.9. The van der Waals surface area contributed by atoms with Crippen LogP contribution < -0.4 is 5.32 Å². The number of carbonyl (C=O) groups excluding carboxylic acids is 2. The molecule has 150 valence electrons. The number of amides is 2. The van der Waals surface area contributed by atoms with Crippen LogP contribution in [-0.2, 0) is 22.6 Å². The number of hydrogen-bond donors (Lipinski definition) is 1. The van der Waals surface area contributed by atoms with Crippen molar-refractivity contribution in [1.29, 1.82) is 0 Å². The number of pyridine rings is 1. The van der Waals surface area contributed by atoms with Crippen molar-refractivity contribution in [1.82, 2.24) is 24.8 Å². The van der Waals surface area contributed by atoms with Gasteiger partial charge in [0, 0.05) is 19.3 Å². The summed E-state index contributed by atoms with van der Waals surface area (Å²) in [7, 11) is 0. The van der Waals surface area contributed by atoms with Crippen molar-refractivity contribution in [2.24, 2.45) is 5.92 Å². The van der Waals surface area contributed by atoms with Crippen molar-refractivity contribution < 1.29 is 14.0 Å². The van der Waals surface area contributed by atoms with E-state index in [-0.39, 0.29) is 36.5 Å². The number of nitrogens with zero attached hydrogens (tertiary/aromatic N) is 4. The van der Waals surface area contributed by atoms with Crippen molar-refractivity contribution in [2.75, 3.05) is 13.1 Å². The average molecular weight is 395 g/mol. The Morgan fingerprint density at radius 2 is 1.97 bits per heavy atom. The molecule has 1 N–H and O–H groups in total. The van der Waals surface area contributed by atoms with E-state index in [0.717, 1.165) is 24.1 Å². The molecule has 0 radical (unpaired) electrons. The maximum Gasteiger partial charge on any atom is 0.227 e. The fourth-order valence-electron chi connectivity index (χ4n) is 3.63. The third kappa shape index (κ3) is 4.42. The largest absolute Gasteiger partial charge is 0.348 e. The van der Waals surface area contributed by atoms with Gasteiger partial charge in [-0.05, 0) is 42.7 Å². The molecule has 2 aromatic heterocycles. The summed E-state index contributed by atoms with van der Waals surface area (Å²) in [5.74, 6) is -0.0417. The first-order valence-corrected chi connectivity index (χ1v) is 9.69. The van der Waals surface area contributed by atoms with Crippen LogP contribution in [-0.4, -0.2) is 44.4 Å². The first-order valence-electron chi connectivity index (χ1n) is 9.69. The molecule has 1 fully saturated rings. The lowest BCUT2D eigenvalue weighted by atomic mass is 9.96. The number of halogens is 1. The molecule has 1 aliphatic heterocycles.